The Hall–Kier alpha value is -0.960. The van der Waals surface area contributed by atoms with E-state index < -0.39 is 0 Å². The van der Waals surface area contributed by atoms with Crippen molar-refractivity contribution in [2.75, 3.05) is 12.3 Å². The van der Waals surface area contributed by atoms with Gasteiger partial charge < -0.3 is 5.32 Å². The molecule has 3 heteroatoms. The van der Waals surface area contributed by atoms with Gasteiger partial charge in [0.05, 0.1) is 0 Å². The fraction of sp³-hybridized carbons (Fsp3) is 0.611. The third kappa shape index (κ3) is 2.85. The molecular formula is C18H24N2S. The maximum absolute atomic E-state index is 4.90. The third-order valence-electron chi connectivity index (χ3n) is 5.37. The van der Waals surface area contributed by atoms with Crippen molar-refractivity contribution in [2.24, 2.45) is 10.4 Å². The fourth-order valence-corrected chi connectivity index (χ4v) is 5.31. The van der Waals surface area contributed by atoms with Crippen molar-refractivity contribution < 1.29 is 0 Å². The van der Waals surface area contributed by atoms with Crippen LogP contribution >= 0.6 is 11.8 Å². The Labute approximate surface area is 131 Å². The summed E-state index contributed by atoms with van der Waals surface area (Å²) in [4.78, 5) is 4.90. The van der Waals surface area contributed by atoms with Gasteiger partial charge in [0.2, 0.25) is 0 Å². The predicted octanol–water partition coefficient (Wildman–Crippen LogP) is 3.80. The number of aliphatic imine (C=N–C) groups is 1. The summed E-state index contributed by atoms with van der Waals surface area (Å²) in [7, 11) is 0. The molecule has 1 aromatic carbocycles. The maximum atomic E-state index is 4.90. The summed E-state index contributed by atoms with van der Waals surface area (Å²) in [6, 6.07) is 9.39. The molecule has 0 amide bonds. The van der Waals surface area contributed by atoms with Gasteiger partial charge in [0, 0.05) is 18.3 Å². The Bertz CT molecular complexity index is 521. The number of nitrogens with zero attached hydrogens (tertiary/aromatic N) is 1. The van der Waals surface area contributed by atoms with Crippen molar-refractivity contribution in [2.45, 2.75) is 51.0 Å². The highest BCUT2D eigenvalue weighted by atomic mass is 32.2. The van der Waals surface area contributed by atoms with Crippen LogP contribution in [-0.4, -0.2) is 23.5 Å². The molecule has 0 unspecified atom stereocenters. The Morgan fingerprint density at radius 1 is 1.05 bits per heavy atom. The number of hydrogen-bond donors (Lipinski definition) is 1. The molecular weight excluding hydrogens is 276 g/mol. The number of fused-ring (bicyclic) bond motifs is 1. The standard InChI is InChI=1S/C18H24N2S/c1-4-8-18(9-5-1)12-19-17(21-13-18)20-16-10-14-6-2-3-7-15(14)11-16/h2-3,6-7,16H,1,4-5,8-13H2,(H,19,20). The lowest BCUT2D eigenvalue weighted by molar-refractivity contribution is 0.232. The first-order chi connectivity index (χ1) is 10.3. The van der Waals surface area contributed by atoms with E-state index in [1.54, 1.807) is 0 Å². The molecule has 1 saturated carbocycles. The van der Waals surface area contributed by atoms with Crippen LogP contribution in [0.3, 0.4) is 0 Å². The van der Waals surface area contributed by atoms with Gasteiger partial charge in [-0.3, -0.25) is 4.99 Å². The minimum Gasteiger partial charge on any atom is -0.362 e. The lowest BCUT2D eigenvalue weighted by atomic mass is 9.75. The molecule has 1 aliphatic heterocycles. The molecule has 1 heterocycles. The Morgan fingerprint density at radius 3 is 2.38 bits per heavy atom. The lowest BCUT2D eigenvalue weighted by Gasteiger charge is -2.38. The van der Waals surface area contributed by atoms with E-state index >= 15 is 0 Å². The van der Waals surface area contributed by atoms with E-state index in [-0.39, 0.29) is 0 Å². The second kappa shape index (κ2) is 5.68. The van der Waals surface area contributed by atoms with Crippen LogP contribution in [-0.2, 0) is 12.8 Å². The topological polar surface area (TPSA) is 24.4 Å². The van der Waals surface area contributed by atoms with Gasteiger partial charge in [-0.25, -0.2) is 0 Å². The summed E-state index contributed by atoms with van der Waals surface area (Å²) in [6.07, 6.45) is 9.36. The van der Waals surface area contributed by atoms with Crippen LogP contribution in [0.25, 0.3) is 0 Å². The average Bonchev–Trinajstić information content (AvgIpc) is 2.93. The van der Waals surface area contributed by atoms with Crippen LogP contribution in [0.1, 0.15) is 43.2 Å². The molecule has 1 spiro atoms. The van der Waals surface area contributed by atoms with Crippen LogP contribution in [0.5, 0.6) is 0 Å². The zero-order chi connectivity index (χ0) is 14.1. The summed E-state index contributed by atoms with van der Waals surface area (Å²) >= 11 is 1.97. The van der Waals surface area contributed by atoms with Crippen molar-refractivity contribution in [1.29, 1.82) is 0 Å². The Balaban J connectivity index is 1.37. The molecule has 1 aromatic rings. The molecule has 0 bridgehead atoms. The Kier molecular flexibility index (Phi) is 3.70. The van der Waals surface area contributed by atoms with Gasteiger partial charge in [0.25, 0.3) is 0 Å². The monoisotopic (exact) mass is 300 g/mol. The van der Waals surface area contributed by atoms with Crippen molar-refractivity contribution in [3.05, 3.63) is 35.4 Å². The van der Waals surface area contributed by atoms with Gasteiger partial charge in [-0.1, -0.05) is 55.3 Å². The smallest absolute Gasteiger partial charge is 0.156 e. The van der Waals surface area contributed by atoms with Gasteiger partial charge in [-0.15, -0.1) is 0 Å². The summed E-state index contributed by atoms with van der Waals surface area (Å²) in [5.74, 6) is 1.28. The van der Waals surface area contributed by atoms with E-state index in [1.807, 2.05) is 11.8 Å². The van der Waals surface area contributed by atoms with Gasteiger partial charge in [-0.2, -0.15) is 0 Å². The van der Waals surface area contributed by atoms with Gasteiger partial charge in [0.1, 0.15) is 0 Å². The van der Waals surface area contributed by atoms with Crippen LogP contribution in [0, 0.1) is 5.41 Å². The summed E-state index contributed by atoms with van der Waals surface area (Å²) in [6.45, 7) is 1.06. The van der Waals surface area contributed by atoms with Gasteiger partial charge in [0.15, 0.2) is 5.17 Å². The lowest BCUT2D eigenvalue weighted by Crippen LogP contribution is -2.40. The van der Waals surface area contributed by atoms with E-state index in [4.69, 9.17) is 4.99 Å². The molecule has 2 nitrogen and oxygen atoms in total. The molecule has 112 valence electrons. The Morgan fingerprint density at radius 2 is 1.76 bits per heavy atom. The maximum Gasteiger partial charge on any atom is 0.156 e. The van der Waals surface area contributed by atoms with Crippen molar-refractivity contribution in [3.63, 3.8) is 0 Å². The van der Waals surface area contributed by atoms with E-state index in [0.717, 1.165) is 19.4 Å². The quantitative estimate of drug-likeness (QED) is 0.853. The van der Waals surface area contributed by atoms with Crippen molar-refractivity contribution in [3.8, 4) is 0 Å². The molecule has 1 fully saturated rings. The summed E-state index contributed by atoms with van der Waals surface area (Å²) in [5, 5.41) is 4.90. The number of hydrogen-bond acceptors (Lipinski definition) is 3. The molecule has 0 aromatic heterocycles. The first-order valence-electron chi connectivity index (χ1n) is 8.34. The number of benzene rings is 1. The zero-order valence-corrected chi connectivity index (χ0v) is 13.4. The van der Waals surface area contributed by atoms with Crippen LogP contribution in [0.4, 0.5) is 0 Å². The molecule has 1 N–H and O–H groups in total. The minimum atomic E-state index is 0.534. The van der Waals surface area contributed by atoms with Crippen molar-refractivity contribution in [1.82, 2.24) is 5.32 Å². The molecule has 4 rings (SSSR count). The predicted molar refractivity (Wildman–Crippen MR) is 91.1 cm³/mol. The van der Waals surface area contributed by atoms with Gasteiger partial charge >= 0.3 is 0 Å². The average molecular weight is 300 g/mol. The van der Waals surface area contributed by atoms with Crippen LogP contribution in [0.15, 0.2) is 29.3 Å². The molecule has 3 aliphatic rings. The van der Waals surface area contributed by atoms with Crippen LogP contribution < -0.4 is 5.32 Å². The van der Waals surface area contributed by atoms with Gasteiger partial charge in [-0.05, 0) is 42.2 Å². The van der Waals surface area contributed by atoms with Crippen molar-refractivity contribution >= 4 is 16.9 Å². The first-order valence-corrected chi connectivity index (χ1v) is 9.32. The fourth-order valence-electron chi connectivity index (χ4n) is 4.08. The third-order valence-corrected chi connectivity index (χ3v) is 6.64. The molecule has 0 saturated heterocycles. The summed E-state index contributed by atoms with van der Waals surface area (Å²) < 4.78 is 0. The highest BCUT2D eigenvalue weighted by Gasteiger charge is 2.35. The molecule has 2 aliphatic carbocycles. The normalized spacial score (nSPS) is 24.7. The highest BCUT2D eigenvalue weighted by Crippen LogP contribution is 2.41. The summed E-state index contributed by atoms with van der Waals surface area (Å²) in [5.41, 5.74) is 3.56. The van der Waals surface area contributed by atoms with E-state index in [9.17, 15) is 0 Å². The second-order valence-electron chi connectivity index (χ2n) is 6.99. The van der Waals surface area contributed by atoms with E-state index in [0.29, 0.717) is 11.5 Å². The number of rotatable bonds is 1. The molecule has 0 atom stereocenters. The number of amidine groups is 1. The SMILES string of the molecule is c1ccc2c(c1)CC(NC1=NCC3(CCCCC3)CS1)C2. The van der Waals surface area contributed by atoms with E-state index in [1.165, 1.54) is 54.2 Å². The largest absolute Gasteiger partial charge is 0.362 e. The molecule has 21 heavy (non-hydrogen) atoms. The highest BCUT2D eigenvalue weighted by molar-refractivity contribution is 8.13. The number of thioether (sulfide) groups is 1. The zero-order valence-electron chi connectivity index (χ0n) is 12.6. The first kappa shape index (κ1) is 13.7. The van der Waals surface area contributed by atoms with Crippen LogP contribution in [0.2, 0.25) is 0 Å². The second-order valence-corrected chi connectivity index (χ2v) is 7.95. The van der Waals surface area contributed by atoms with E-state index in [2.05, 4.69) is 29.6 Å². The minimum absolute atomic E-state index is 0.534. The molecule has 0 radical (unpaired) electrons. The number of nitrogens with one attached hydrogen (secondary N) is 1.